The van der Waals surface area contributed by atoms with E-state index in [0.29, 0.717) is 101 Å². The van der Waals surface area contributed by atoms with E-state index in [2.05, 4.69) is 0 Å². The van der Waals surface area contributed by atoms with Crippen LogP contribution in [0.3, 0.4) is 0 Å². The fraction of sp³-hybridized carbons (Fsp3) is 0.294. The maximum Gasteiger partial charge on any atom is 0.261 e. The molecule has 8 heteroatoms. The van der Waals surface area contributed by atoms with E-state index >= 15 is 0 Å². The lowest BCUT2D eigenvalue weighted by Crippen LogP contribution is -2.46. The van der Waals surface area contributed by atoms with Crippen molar-refractivity contribution in [1.82, 2.24) is 9.80 Å². The molecule has 0 N–H and O–H groups in total. The van der Waals surface area contributed by atoms with Crippen molar-refractivity contribution >= 4 is 89.9 Å². The van der Waals surface area contributed by atoms with Gasteiger partial charge in [-0.05, 0) is 60.7 Å². The molecule has 6 nitrogen and oxygen atoms in total. The molecule has 0 radical (unpaired) electrons. The molecule has 0 unspecified atom stereocenters. The minimum absolute atomic E-state index is 0.222. The second kappa shape index (κ2) is 9.38. The summed E-state index contributed by atoms with van der Waals surface area (Å²) in [4.78, 5) is 58.0. The van der Waals surface area contributed by atoms with Crippen molar-refractivity contribution in [2.24, 2.45) is 0 Å². The molecule has 0 saturated heterocycles. The highest BCUT2D eigenvalue weighted by atomic mass is 35.5. The molecule has 0 saturated carbocycles. The number of hydrogen-bond acceptors (Lipinski definition) is 4. The van der Waals surface area contributed by atoms with E-state index in [1.54, 1.807) is 24.3 Å². The van der Waals surface area contributed by atoms with Gasteiger partial charge in [-0.3, -0.25) is 29.0 Å². The van der Waals surface area contributed by atoms with Gasteiger partial charge < -0.3 is 0 Å². The predicted octanol–water partition coefficient (Wildman–Crippen LogP) is 8.61. The summed E-state index contributed by atoms with van der Waals surface area (Å²) in [5.74, 6) is -1.35. The third-order valence-corrected chi connectivity index (χ3v) is 10.0. The van der Waals surface area contributed by atoms with Crippen molar-refractivity contribution < 1.29 is 19.2 Å². The van der Waals surface area contributed by atoms with E-state index in [1.165, 1.54) is 9.80 Å². The molecule has 0 fully saturated rings. The molecule has 42 heavy (non-hydrogen) atoms. The zero-order valence-electron chi connectivity index (χ0n) is 23.7. The Bertz CT molecular complexity index is 1910. The largest absolute Gasteiger partial charge is 0.271 e. The number of fused-ring (bicyclic) bond motifs is 2. The van der Waals surface area contributed by atoms with Gasteiger partial charge in [0.15, 0.2) is 0 Å². The first kappa shape index (κ1) is 27.1. The number of hydrogen-bond donors (Lipinski definition) is 0. The Morgan fingerprint density at radius 2 is 0.833 bits per heavy atom. The maximum absolute atomic E-state index is 13.8. The summed E-state index contributed by atoms with van der Waals surface area (Å²) in [6, 6.07) is 10.1. The fourth-order valence-corrected chi connectivity index (χ4v) is 7.99. The summed E-state index contributed by atoms with van der Waals surface area (Å²) < 4.78 is 0. The monoisotopic (exact) mass is 598 g/mol. The van der Waals surface area contributed by atoms with Crippen molar-refractivity contribution in [2.45, 2.75) is 65.5 Å². The molecule has 2 aliphatic heterocycles. The Balaban J connectivity index is 1.62. The van der Waals surface area contributed by atoms with Gasteiger partial charge in [0.1, 0.15) is 0 Å². The van der Waals surface area contributed by atoms with E-state index in [1.807, 2.05) is 39.8 Å². The van der Waals surface area contributed by atoms with Gasteiger partial charge >= 0.3 is 0 Å². The highest BCUT2D eigenvalue weighted by Gasteiger charge is 2.40. The van der Waals surface area contributed by atoms with Crippen molar-refractivity contribution in [1.29, 1.82) is 0 Å². The topological polar surface area (TPSA) is 74.8 Å². The first-order chi connectivity index (χ1) is 20.2. The first-order valence-electron chi connectivity index (χ1n) is 14.5. The second-order valence-corrected chi connectivity index (χ2v) is 12.1. The minimum atomic E-state index is -0.355. The third-order valence-electron chi connectivity index (χ3n) is 9.42. The van der Waals surface area contributed by atoms with Gasteiger partial charge in [-0.1, -0.05) is 63.0 Å². The van der Waals surface area contributed by atoms with Crippen LogP contribution in [-0.2, 0) is 0 Å². The molecule has 5 aromatic carbocycles. The van der Waals surface area contributed by atoms with Crippen LogP contribution in [0.25, 0.3) is 43.1 Å². The second-order valence-electron chi connectivity index (χ2n) is 11.3. The number of carbonyl (C=O) groups is 4. The zero-order chi connectivity index (χ0) is 29.8. The molecule has 0 bridgehead atoms. The molecule has 5 aromatic rings. The van der Waals surface area contributed by atoms with E-state index in [0.717, 1.165) is 0 Å². The first-order valence-corrected chi connectivity index (χ1v) is 15.3. The van der Waals surface area contributed by atoms with Crippen LogP contribution in [0.2, 0.25) is 10.0 Å². The molecule has 2 aliphatic rings. The lowest BCUT2D eigenvalue weighted by molar-refractivity contribution is 0.0514. The summed E-state index contributed by atoms with van der Waals surface area (Å²) >= 11 is 14.0. The van der Waals surface area contributed by atoms with Crippen LogP contribution in [-0.4, -0.2) is 45.5 Å². The van der Waals surface area contributed by atoms with Crippen molar-refractivity contribution in [3.8, 4) is 0 Å². The SMILES string of the molecule is CCC(CC)N1C(=O)c2ccc3c4c(Cl)cc5c6c(ccc(c7c(Cl)cc(c2c37)C1=O)c64)C(=O)N(C(CC)CC)C5=O. The van der Waals surface area contributed by atoms with Gasteiger partial charge in [0, 0.05) is 65.6 Å². The van der Waals surface area contributed by atoms with Crippen molar-refractivity contribution in [2.75, 3.05) is 0 Å². The van der Waals surface area contributed by atoms with Gasteiger partial charge in [-0.15, -0.1) is 0 Å². The molecule has 0 spiro atoms. The molecule has 2 heterocycles. The predicted molar refractivity (Wildman–Crippen MR) is 167 cm³/mol. The van der Waals surface area contributed by atoms with Crippen LogP contribution >= 0.6 is 23.2 Å². The maximum atomic E-state index is 13.8. The lowest BCUT2D eigenvalue weighted by Gasteiger charge is -2.35. The summed E-state index contributed by atoms with van der Waals surface area (Å²) in [5, 5.41) is 5.97. The number of carbonyl (C=O) groups excluding carboxylic acids is 4. The van der Waals surface area contributed by atoms with Crippen molar-refractivity contribution in [3.05, 3.63) is 68.7 Å². The molecule has 212 valence electrons. The van der Waals surface area contributed by atoms with Crippen LogP contribution in [0, 0.1) is 0 Å². The zero-order valence-corrected chi connectivity index (χ0v) is 25.2. The summed E-state index contributed by atoms with van der Waals surface area (Å²) in [6.07, 6.45) is 2.60. The fourth-order valence-electron chi connectivity index (χ4n) is 7.38. The number of amides is 4. The summed E-state index contributed by atoms with van der Waals surface area (Å²) in [6.45, 7) is 7.86. The number of benzene rings is 5. The van der Waals surface area contributed by atoms with Crippen molar-refractivity contribution in [3.63, 3.8) is 0 Å². The van der Waals surface area contributed by atoms with Crippen LogP contribution in [0.4, 0.5) is 0 Å². The Kier molecular flexibility index (Phi) is 6.06. The van der Waals surface area contributed by atoms with Gasteiger partial charge in [0.2, 0.25) is 0 Å². The van der Waals surface area contributed by atoms with E-state index in [-0.39, 0.29) is 35.7 Å². The number of halogens is 2. The normalized spacial score (nSPS) is 15.3. The lowest BCUT2D eigenvalue weighted by atomic mass is 9.81. The quantitative estimate of drug-likeness (QED) is 0.111. The summed E-state index contributed by atoms with van der Waals surface area (Å²) in [5.41, 5.74) is 1.67. The van der Waals surface area contributed by atoms with E-state index < -0.39 is 0 Å². The Morgan fingerprint density at radius 3 is 1.17 bits per heavy atom. The Morgan fingerprint density at radius 1 is 0.500 bits per heavy atom. The number of nitrogens with zero attached hydrogens (tertiary/aromatic N) is 2. The number of imide groups is 2. The van der Waals surface area contributed by atoms with Gasteiger partial charge in [0.25, 0.3) is 23.6 Å². The van der Waals surface area contributed by atoms with Gasteiger partial charge in [0.05, 0.1) is 11.1 Å². The highest BCUT2D eigenvalue weighted by molar-refractivity contribution is 6.50. The van der Waals surface area contributed by atoms with E-state index in [4.69, 9.17) is 23.2 Å². The van der Waals surface area contributed by atoms with Crippen LogP contribution in [0.15, 0.2) is 36.4 Å². The molecule has 4 amide bonds. The Hall–Kier alpha value is -3.74. The molecule has 0 atom stereocenters. The molecular formula is C34H28Cl2N2O4. The highest BCUT2D eigenvalue weighted by Crippen LogP contribution is 2.50. The van der Waals surface area contributed by atoms with Crippen LogP contribution in [0.1, 0.15) is 94.8 Å². The summed E-state index contributed by atoms with van der Waals surface area (Å²) in [7, 11) is 0. The molecule has 0 aliphatic carbocycles. The molecule has 0 aromatic heterocycles. The third kappa shape index (κ3) is 3.22. The van der Waals surface area contributed by atoms with E-state index in [9.17, 15) is 19.2 Å². The minimum Gasteiger partial charge on any atom is -0.271 e. The van der Waals surface area contributed by atoms with Crippen LogP contribution in [0.5, 0.6) is 0 Å². The number of rotatable bonds is 6. The Labute approximate surface area is 252 Å². The van der Waals surface area contributed by atoms with Gasteiger partial charge in [-0.25, -0.2) is 0 Å². The average Bonchev–Trinajstić information content (AvgIpc) is 2.99. The average molecular weight is 600 g/mol. The smallest absolute Gasteiger partial charge is 0.261 e. The molecule has 7 rings (SSSR count). The van der Waals surface area contributed by atoms with Crippen LogP contribution < -0.4 is 0 Å². The standard InChI is InChI=1S/C34H28Cl2N2O4/c1-5-15(6-2)37-31(39)19-11-9-17-28-24(36)14-22-26-20(32(40)38(34(22)42)16(7-3)8-4)12-10-18(30(26)28)27-23(35)13-21(33(37)41)25(19)29(17)27/h9-16H,5-8H2,1-4H3. The van der Waals surface area contributed by atoms with Gasteiger partial charge in [-0.2, -0.15) is 0 Å². The molecular weight excluding hydrogens is 571 g/mol.